The molecule has 0 nitrogen and oxygen atoms in total. The zero-order valence-electron chi connectivity index (χ0n) is 7.76. The lowest BCUT2D eigenvalue weighted by molar-refractivity contribution is 0.624. The Balaban J connectivity index is 2.45. The van der Waals surface area contributed by atoms with Crippen LogP contribution in [0.2, 0.25) is 0 Å². The van der Waals surface area contributed by atoms with E-state index in [-0.39, 0.29) is 5.82 Å². The molecule has 1 unspecified atom stereocenters. The van der Waals surface area contributed by atoms with Gasteiger partial charge in [0.2, 0.25) is 0 Å². The van der Waals surface area contributed by atoms with Crippen molar-refractivity contribution in [1.29, 1.82) is 0 Å². The summed E-state index contributed by atoms with van der Waals surface area (Å²) in [6.07, 6.45) is 3.14. The van der Waals surface area contributed by atoms with Gasteiger partial charge in [0.15, 0.2) is 0 Å². The van der Waals surface area contributed by atoms with Crippen LogP contribution in [0.25, 0.3) is 0 Å². The molecule has 1 aromatic carbocycles. The SMILES string of the molecule is CCC(Br)CCc1cccc(F)c1. The lowest BCUT2D eigenvalue weighted by Crippen LogP contribution is -1.97. The summed E-state index contributed by atoms with van der Waals surface area (Å²) in [5.74, 6) is -0.139. The minimum absolute atomic E-state index is 0.139. The molecule has 1 aromatic rings. The number of halogens is 2. The topological polar surface area (TPSA) is 0 Å². The molecule has 2 heteroatoms. The molecule has 0 fully saturated rings. The zero-order valence-corrected chi connectivity index (χ0v) is 9.35. The van der Waals surface area contributed by atoms with Gasteiger partial charge in [-0.15, -0.1) is 0 Å². The van der Waals surface area contributed by atoms with E-state index in [4.69, 9.17) is 0 Å². The Kier molecular flexibility index (Phi) is 4.43. The highest BCUT2D eigenvalue weighted by molar-refractivity contribution is 9.09. The van der Waals surface area contributed by atoms with Crippen LogP contribution in [0.4, 0.5) is 4.39 Å². The average molecular weight is 245 g/mol. The minimum Gasteiger partial charge on any atom is -0.207 e. The number of hydrogen-bond acceptors (Lipinski definition) is 0. The van der Waals surface area contributed by atoms with E-state index < -0.39 is 0 Å². The number of alkyl halides is 1. The van der Waals surface area contributed by atoms with Crippen molar-refractivity contribution in [2.75, 3.05) is 0 Å². The van der Waals surface area contributed by atoms with Crippen LogP contribution in [-0.4, -0.2) is 4.83 Å². The number of benzene rings is 1. The second-order valence-corrected chi connectivity index (χ2v) is 4.47. The van der Waals surface area contributed by atoms with Gasteiger partial charge in [-0.05, 0) is 37.0 Å². The van der Waals surface area contributed by atoms with Gasteiger partial charge in [-0.2, -0.15) is 0 Å². The molecular formula is C11H14BrF. The van der Waals surface area contributed by atoms with Crippen molar-refractivity contribution in [2.45, 2.75) is 31.0 Å². The van der Waals surface area contributed by atoms with Gasteiger partial charge in [-0.25, -0.2) is 4.39 Å². The van der Waals surface area contributed by atoms with E-state index >= 15 is 0 Å². The molecule has 1 atom stereocenters. The maximum atomic E-state index is 12.8. The van der Waals surface area contributed by atoms with Crippen LogP contribution in [-0.2, 0) is 6.42 Å². The van der Waals surface area contributed by atoms with E-state index in [0.29, 0.717) is 4.83 Å². The van der Waals surface area contributed by atoms with Crippen molar-refractivity contribution in [3.8, 4) is 0 Å². The van der Waals surface area contributed by atoms with Gasteiger partial charge in [0.05, 0.1) is 0 Å². The first kappa shape index (κ1) is 10.7. The molecule has 0 spiro atoms. The monoisotopic (exact) mass is 244 g/mol. The molecule has 0 radical (unpaired) electrons. The summed E-state index contributed by atoms with van der Waals surface area (Å²) in [5, 5.41) is 0. The molecule has 0 aromatic heterocycles. The van der Waals surface area contributed by atoms with E-state index in [9.17, 15) is 4.39 Å². The lowest BCUT2D eigenvalue weighted by atomic mass is 10.1. The fraction of sp³-hybridized carbons (Fsp3) is 0.455. The van der Waals surface area contributed by atoms with Crippen molar-refractivity contribution in [1.82, 2.24) is 0 Å². The highest BCUT2D eigenvalue weighted by Gasteiger charge is 2.01. The van der Waals surface area contributed by atoms with Crippen molar-refractivity contribution >= 4 is 15.9 Å². The summed E-state index contributed by atoms with van der Waals surface area (Å²) < 4.78 is 12.8. The zero-order chi connectivity index (χ0) is 9.68. The highest BCUT2D eigenvalue weighted by Crippen LogP contribution is 2.14. The highest BCUT2D eigenvalue weighted by atomic mass is 79.9. The van der Waals surface area contributed by atoms with Gasteiger partial charge >= 0.3 is 0 Å². The standard InChI is InChI=1S/C11H14BrF/c1-2-10(12)7-6-9-4-3-5-11(13)8-9/h3-5,8,10H,2,6-7H2,1H3. The van der Waals surface area contributed by atoms with Crippen LogP contribution < -0.4 is 0 Å². The van der Waals surface area contributed by atoms with E-state index in [0.717, 1.165) is 24.8 Å². The molecule has 0 aliphatic carbocycles. The third-order valence-corrected chi connectivity index (χ3v) is 3.18. The second-order valence-electron chi connectivity index (χ2n) is 3.17. The molecule has 0 amide bonds. The molecule has 0 bridgehead atoms. The van der Waals surface area contributed by atoms with Crippen LogP contribution >= 0.6 is 15.9 Å². The Morgan fingerprint density at radius 2 is 2.23 bits per heavy atom. The molecule has 0 heterocycles. The number of hydrogen-bond donors (Lipinski definition) is 0. The molecular weight excluding hydrogens is 231 g/mol. The first-order valence-electron chi connectivity index (χ1n) is 4.61. The van der Waals surface area contributed by atoms with Gasteiger partial charge in [-0.3, -0.25) is 0 Å². The summed E-state index contributed by atoms with van der Waals surface area (Å²) >= 11 is 3.56. The Morgan fingerprint density at radius 3 is 2.85 bits per heavy atom. The molecule has 0 N–H and O–H groups in total. The van der Waals surface area contributed by atoms with Gasteiger partial charge in [0, 0.05) is 4.83 Å². The fourth-order valence-corrected chi connectivity index (χ4v) is 1.45. The normalized spacial score (nSPS) is 12.8. The maximum absolute atomic E-state index is 12.8. The van der Waals surface area contributed by atoms with Crippen molar-refractivity contribution in [2.24, 2.45) is 0 Å². The van der Waals surface area contributed by atoms with Crippen molar-refractivity contribution in [3.63, 3.8) is 0 Å². The van der Waals surface area contributed by atoms with Crippen LogP contribution in [0.15, 0.2) is 24.3 Å². The smallest absolute Gasteiger partial charge is 0.123 e. The third-order valence-electron chi connectivity index (χ3n) is 2.08. The van der Waals surface area contributed by atoms with E-state index in [2.05, 4.69) is 22.9 Å². The summed E-state index contributed by atoms with van der Waals surface area (Å²) in [6, 6.07) is 6.82. The molecule has 0 aliphatic heterocycles. The van der Waals surface area contributed by atoms with Gasteiger partial charge in [0.25, 0.3) is 0 Å². The van der Waals surface area contributed by atoms with Crippen molar-refractivity contribution < 1.29 is 4.39 Å². The maximum Gasteiger partial charge on any atom is 0.123 e. The quantitative estimate of drug-likeness (QED) is 0.705. The van der Waals surface area contributed by atoms with Gasteiger partial charge < -0.3 is 0 Å². The van der Waals surface area contributed by atoms with E-state index in [1.54, 1.807) is 12.1 Å². The van der Waals surface area contributed by atoms with Gasteiger partial charge in [0.1, 0.15) is 5.82 Å². The summed E-state index contributed by atoms with van der Waals surface area (Å²) in [6.45, 7) is 2.14. The Bertz CT molecular complexity index is 260. The Morgan fingerprint density at radius 1 is 1.46 bits per heavy atom. The molecule has 72 valence electrons. The summed E-state index contributed by atoms with van der Waals surface area (Å²) in [7, 11) is 0. The molecule has 13 heavy (non-hydrogen) atoms. The Labute approximate surface area is 87.3 Å². The summed E-state index contributed by atoms with van der Waals surface area (Å²) in [4.78, 5) is 0.552. The molecule has 1 rings (SSSR count). The van der Waals surface area contributed by atoms with E-state index in [1.165, 1.54) is 6.07 Å². The second kappa shape index (κ2) is 5.38. The summed E-state index contributed by atoms with van der Waals surface area (Å²) in [5.41, 5.74) is 1.08. The minimum atomic E-state index is -0.139. The van der Waals surface area contributed by atoms with Crippen LogP contribution in [0.3, 0.4) is 0 Å². The molecule has 0 aliphatic rings. The number of aryl methyl sites for hydroxylation is 1. The first-order chi connectivity index (χ1) is 6.22. The van der Waals surface area contributed by atoms with E-state index in [1.807, 2.05) is 6.07 Å². The van der Waals surface area contributed by atoms with Crippen LogP contribution in [0.5, 0.6) is 0 Å². The van der Waals surface area contributed by atoms with Crippen LogP contribution in [0, 0.1) is 5.82 Å². The lowest BCUT2D eigenvalue weighted by Gasteiger charge is -2.05. The predicted octanol–water partition coefficient (Wildman–Crippen LogP) is 3.93. The third kappa shape index (κ3) is 3.90. The number of rotatable bonds is 4. The fourth-order valence-electron chi connectivity index (χ4n) is 1.22. The first-order valence-corrected chi connectivity index (χ1v) is 5.52. The average Bonchev–Trinajstić information content (AvgIpc) is 2.14. The Hall–Kier alpha value is -0.370. The molecule has 0 saturated carbocycles. The van der Waals surface area contributed by atoms with Gasteiger partial charge in [-0.1, -0.05) is 35.0 Å². The largest absolute Gasteiger partial charge is 0.207 e. The predicted molar refractivity (Wildman–Crippen MR) is 57.7 cm³/mol. The van der Waals surface area contributed by atoms with Crippen LogP contribution in [0.1, 0.15) is 25.3 Å². The molecule has 0 saturated heterocycles. The van der Waals surface area contributed by atoms with Crippen molar-refractivity contribution in [3.05, 3.63) is 35.6 Å².